The lowest BCUT2D eigenvalue weighted by Gasteiger charge is -2.36. The third-order valence-electron chi connectivity index (χ3n) is 5.30. The Bertz CT molecular complexity index is 1180. The third kappa shape index (κ3) is 3.60. The number of amides is 1. The van der Waals surface area contributed by atoms with E-state index in [-0.39, 0.29) is 5.91 Å². The van der Waals surface area contributed by atoms with Gasteiger partial charge in [-0.15, -0.1) is 0 Å². The molecule has 1 aromatic heterocycles. The van der Waals surface area contributed by atoms with Gasteiger partial charge in [0.25, 0.3) is 0 Å². The van der Waals surface area contributed by atoms with Crippen molar-refractivity contribution in [2.75, 3.05) is 31.1 Å². The predicted molar refractivity (Wildman–Crippen MR) is 121 cm³/mol. The van der Waals surface area contributed by atoms with Gasteiger partial charge in [-0.05, 0) is 35.9 Å². The summed E-state index contributed by atoms with van der Waals surface area (Å²) < 4.78 is 0. The molecule has 0 aliphatic carbocycles. The summed E-state index contributed by atoms with van der Waals surface area (Å²) in [6.07, 6.45) is 2.92. The predicted octanol–water partition coefficient (Wildman–Crippen LogP) is 4.91. The van der Waals surface area contributed by atoms with Gasteiger partial charge < -0.3 is 9.80 Å². The number of benzene rings is 2. The van der Waals surface area contributed by atoms with E-state index in [1.807, 2.05) is 36.4 Å². The van der Waals surface area contributed by atoms with Crippen LogP contribution in [0.25, 0.3) is 22.0 Å². The van der Waals surface area contributed by atoms with E-state index in [1.165, 1.54) is 6.08 Å². The van der Waals surface area contributed by atoms with Crippen molar-refractivity contribution in [1.82, 2.24) is 9.88 Å². The Morgan fingerprint density at radius 1 is 1.10 bits per heavy atom. The fraction of sp³-hybridized carbons (Fsp3) is 0.174. The fourth-order valence-corrected chi connectivity index (χ4v) is 4.21. The molecule has 2 aromatic carbocycles. The maximum Gasteiger partial charge on any atom is 0.246 e. The van der Waals surface area contributed by atoms with Crippen LogP contribution in [-0.4, -0.2) is 42.0 Å². The van der Waals surface area contributed by atoms with Crippen molar-refractivity contribution in [3.05, 3.63) is 70.9 Å². The highest BCUT2D eigenvalue weighted by molar-refractivity contribution is 6.35. The number of nitriles is 1. The highest BCUT2D eigenvalue weighted by Gasteiger charge is 2.24. The Hall–Kier alpha value is -3.07. The quantitative estimate of drug-likeness (QED) is 0.546. The van der Waals surface area contributed by atoms with Crippen LogP contribution < -0.4 is 4.90 Å². The molecule has 0 N–H and O–H groups in total. The van der Waals surface area contributed by atoms with Crippen molar-refractivity contribution in [1.29, 1.82) is 5.26 Å². The number of nitrogens with zero attached hydrogens (tertiary/aromatic N) is 4. The Morgan fingerprint density at radius 2 is 1.80 bits per heavy atom. The number of fused-ring (bicyclic) bond motifs is 1. The average molecular weight is 437 g/mol. The molecule has 0 unspecified atom stereocenters. The van der Waals surface area contributed by atoms with Crippen LogP contribution in [-0.2, 0) is 4.79 Å². The molecule has 4 rings (SSSR count). The van der Waals surface area contributed by atoms with E-state index in [0.717, 1.165) is 27.7 Å². The number of anilines is 1. The number of hydrogen-bond acceptors (Lipinski definition) is 4. The van der Waals surface area contributed by atoms with Gasteiger partial charge >= 0.3 is 0 Å². The van der Waals surface area contributed by atoms with Gasteiger partial charge in [0, 0.05) is 48.3 Å². The highest BCUT2D eigenvalue weighted by atomic mass is 35.5. The molecule has 1 aliphatic rings. The molecule has 1 amide bonds. The first-order valence-electron chi connectivity index (χ1n) is 9.47. The van der Waals surface area contributed by atoms with Gasteiger partial charge in [-0.2, -0.15) is 5.26 Å². The number of halogens is 2. The second-order valence-electron chi connectivity index (χ2n) is 6.97. The lowest BCUT2D eigenvalue weighted by Crippen LogP contribution is -2.48. The third-order valence-corrected chi connectivity index (χ3v) is 5.86. The fourth-order valence-electron chi connectivity index (χ4n) is 3.82. The van der Waals surface area contributed by atoms with Crippen LogP contribution in [0, 0.1) is 11.3 Å². The van der Waals surface area contributed by atoms with Crippen LogP contribution in [0.5, 0.6) is 0 Å². The van der Waals surface area contributed by atoms with Crippen molar-refractivity contribution in [2.45, 2.75) is 0 Å². The molecule has 1 fully saturated rings. The number of carbonyl (C=O) groups is 1. The molecule has 0 saturated carbocycles. The molecule has 2 heterocycles. The van der Waals surface area contributed by atoms with Crippen LogP contribution in [0.15, 0.2) is 55.3 Å². The van der Waals surface area contributed by atoms with Gasteiger partial charge in [-0.25, -0.2) is 0 Å². The zero-order chi connectivity index (χ0) is 21.3. The van der Waals surface area contributed by atoms with Gasteiger partial charge in [-0.3, -0.25) is 9.78 Å². The molecule has 0 atom stereocenters. The van der Waals surface area contributed by atoms with Crippen LogP contribution in [0.2, 0.25) is 10.0 Å². The topological polar surface area (TPSA) is 60.2 Å². The Labute approximate surface area is 184 Å². The zero-order valence-corrected chi connectivity index (χ0v) is 17.6. The maximum absolute atomic E-state index is 11.9. The normalized spacial score (nSPS) is 13.9. The smallest absolute Gasteiger partial charge is 0.246 e. The zero-order valence-electron chi connectivity index (χ0n) is 16.1. The number of pyridine rings is 1. The Kier molecular flexibility index (Phi) is 5.63. The summed E-state index contributed by atoms with van der Waals surface area (Å²) in [4.78, 5) is 20.4. The summed E-state index contributed by atoms with van der Waals surface area (Å²) in [5, 5.41) is 11.8. The Morgan fingerprint density at radius 3 is 2.43 bits per heavy atom. The summed E-state index contributed by atoms with van der Waals surface area (Å²) in [6, 6.07) is 13.4. The van der Waals surface area contributed by atoms with Crippen molar-refractivity contribution in [3.63, 3.8) is 0 Å². The number of rotatable bonds is 3. The first kappa shape index (κ1) is 20.2. The summed E-state index contributed by atoms with van der Waals surface area (Å²) in [6.45, 7) is 5.92. The van der Waals surface area contributed by atoms with E-state index in [9.17, 15) is 10.1 Å². The standard InChI is InChI=1S/C23H18Cl2N4O/c1-2-20(30)28-9-11-29(12-10-28)23-16(13-26)14-27-22-18(23)7-8-19(25)21(22)15-3-5-17(24)6-4-15/h2-8,14H,1,9-12H2. The van der Waals surface area contributed by atoms with E-state index in [4.69, 9.17) is 23.2 Å². The second kappa shape index (κ2) is 8.35. The molecule has 30 heavy (non-hydrogen) atoms. The van der Waals surface area contributed by atoms with Gasteiger partial charge in [0.1, 0.15) is 6.07 Å². The van der Waals surface area contributed by atoms with Gasteiger partial charge in [0.05, 0.1) is 21.8 Å². The van der Waals surface area contributed by atoms with E-state index in [1.54, 1.807) is 11.1 Å². The number of aromatic nitrogens is 1. The van der Waals surface area contributed by atoms with E-state index in [0.29, 0.717) is 41.8 Å². The van der Waals surface area contributed by atoms with Crippen molar-refractivity contribution in [3.8, 4) is 17.2 Å². The lowest BCUT2D eigenvalue weighted by atomic mass is 9.99. The molecular formula is C23H18Cl2N4O. The van der Waals surface area contributed by atoms with Crippen LogP contribution >= 0.6 is 23.2 Å². The lowest BCUT2D eigenvalue weighted by molar-refractivity contribution is -0.126. The first-order chi connectivity index (χ1) is 14.5. The summed E-state index contributed by atoms with van der Waals surface area (Å²) in [5.74, 6) is -0.0773. The largest absolute Gasteiger partial charge is 0.366 e. The van der Waals surface area contributed by atoms with Crippen LogP contribution in [0.3, 0.4) is 0 Å². The van der Waals surface area contributed by atoms with E-state index in [2.05, 4.69) is 22.5 Å². The van der Waals surface area contributed by atoms with Crippen LogP contribution in [0.4, 0.5) is 5.69 Å². The van der Waals surface area contributed by atoms with E-state index < -0.39 is 0 Å². The minimum Gasteiger partial charge on any atom is -0.366 e. The highest BCUT2D eigenvalue weighted by Crippen LogP contribution is 2.39. The van der Waals surface area contributed by atoms with Crippen molar-refractivity contribution >= 4 is 45.7 Å². The van der Waals surface area contributed by atoms with E-state index >= 15 is 0 Å². The molecule has 1 saturated heterocycles. The molecule has 5 nitrogen and oxygen atoms in total. The van der Waals surface area contributed by atoms with Gasteiger partial charge in [-0.1, -0.05) is 41.9 Å². The average Bonchev–Trinajstić information content (AvgIpc) is 2.78. The van der Waals surface area contributed by atoms with Gasteiger partial charge in [0.15, 0.2) is 0 Å². The van der Waals surface area contributed by atoms with Crippen molar-refractivity contribution < 1.29 is 4.79 Å². The minimum atomic E-state index is -0.0773. The maximum atomic E-state index is 11.9. The monoisotopic (exact) mass is 436 g/mol. The minimum absolute atomic E-state index is 0.0773. The molecule has 0 radical (unpaired) electrons. The van der Waals surface area contributed by atoms with Gasteiger partial charge in [0.2, 0.25) is 5.91 Å². The number of carbonyl (C=O) groups excluding carboxylic acids is 1. The Balaban J connectivity index is 1.83. The summed E-state index contributed by atoms with van der Waals surface area (Å²) in [5.41, 5.74) is 3.75. The molecule has 3 aromatic rings. The summed E-state index contributed by atoms with van der Waals surface area (Å²) >= 11 is 12.6. The van der Waals surface area contributed by atoms with Crippen LogP contribution in [0.1, 0.15) is 5.56 Å². The van der Waals surface area contributed by atoms with Crippen molar-refractivity contribution in [2.24, 2.45) is 0 Å². The first-order valence-corrected chi connectivity index (χ1v) is 10.2. The molecular weight excluding hydrogens is 419 g/mol. The number of piperazine rings is 1. The molecule has 0 bridgehead atoms. The number of hydrogen-bond donors (Lipinski definition) is 0. The molecule has 7 heteroatoms. The molecule has 0 spiro atoms. The summed E-state index contributed by atoms with van der Waals surface area (Å²) in [7, 11) is 0. The SMILES string of the molecule is C=CC(=O)N1CCN(c2c(C#N)cnc3c(-c4ccc(Cl)cc4)c(Cl)ccc23)CC1. The second-order valence-corrected chi connectivity index (χ2v) is 7.82. The molecule has 1 aliphatic heterocycles. The molecule has 150 valence electrons.